The van der Waals surface area contributed by atoms with Crippen molar-refractivity contribution in [3.63, 3.8) is 0 Å². The number of hydrogen-bond donors (Lipinski definition) is 0. The van der Waals surface area contributed by atoms with E-state index in [9.17, 15) is 13.2 Å². The van der Waals surface area contributed by atoms with E-state index in [0.717, 1.165) is 16.7 Å². The third-order valence-corrected chi connectivity index (χ3v) is 7.89. The molecule has 1 heterocycles. The number of carbonyl (C=O) groups is 1. The molecule has 0 unspecified atom stereocenters. The summed E-state index contributed by atoms with van der Waals surface area (Å²) < 4.78 is 33.8. The van der Waals surface area contributed by atoms with Gasteiger partial charge >= 0.3 is 5.97 Å². The molecule has 0 N–H and O–H groups in total. The van der Waals surface area contributed by atoms with Gasteiger partial charge in [-0.1, -0.05) is 90.5 Å². The topological polar surface area (TPSA) is 63.7 Å². The Morgan fingerprint density at radius 1 is 0.879 bits per heavy atom. The van der Waals surface area contributed by atoms with E-state index in [1.807, 2.05) is 67.6 Å². The van der Waals surface area contributed by atoms with Gasteiger partial charge in [0.25, 0.3) is 0 Å². The average molecular weight is 462 g/mol. The van der Waals surface area contributed by atoms with Gasteiger partial charge in [-0.2, -0.15) is 4.31 Å². The van der Waals surface area contributed by atoms with E-state index in [1.54, 1.807) is 24.3 Å². The largest absolute Gasteiger partial charge is 0.463 e. The van der Waals surface area contributed by atoms with Crippen molar-refractivity contribution in [3.8, 4) is 0 Å². The smallest absolute Gasteiger partial charge is 0.321 e. The zero-order valence-electron chi connectivity index (χ0n) is 18.6. The first-order chi connectivity index (χ1) is 15.8. The molecule has 0 aliphatic carbocycles. The van der Waals surface area contributed by atoms with Gasteiger partial charge in [0.15, 0.2) is 0 Å². The average Bonchev–Trinajstić information content (AvgIpc) is 2.89. The number of carbonyl (C=O) groups excluding carboxylic acids is 1. The molecule has 170 valence electrons. The molecule has 0 bridgehead atoms. The predicted molar refractivity (Wildman–Crippen MR) is 128 cm³/mol. The van der Waals surface area contributed by atoms with Crippen LogP contribution < -0.4 is 0 Å². The van der Waals surface area contributed by atoms with Crippen LogP contribution in [0.15, 0.2) is 102 Å². The van der Waals surface area contributed by atoms with Crippen LogP contribution in [0.25, 0.3) is 0 Å². The van der Waals surface area contributed by atoms with Crippen LogP contribution in [0.4, 0.5) is 0 Å². The van der Waals surface area contributed by atoms with Crippen LogP contribution in [0.5, 0.6) is 0 Å². The summed E-state index contributed by atoms with van der Waals surface area (Å²) in [6, 6.07) is 25.7. The normalized spacial score (nSPS) is 17.5. The maximum absolute atomic E-state index is 13.6. The van der Waals surface area contributed by atoms with Crippen LogP contribution in [0.2, 0.25) is 0 Å². The summed E-state index contributed by atoms with van der Waals surface area (Å²) >= 11 is 0. The van der Waals surface area contributed by atoms with E-state index in [1.165, 1.54) is 4.31 Å². The molecule has 1 aliphatic heterocycles. The highest BCUT2D eigenvalue weighted by Crippen LogP contribution is 2.40. The summed E-state index contributed by atoms with van der Waals surface area (Å²) in [4.78, 5) is 13.8. The van der Waals surface area contributed by atoms with Gasteiger partial charge in [-0.15, -0.1) is 0 Å². The lowest BCUT2D eigenvalue weighted by molar-refractivity contribution is -0.148. The monoisotopic (exact) mass is 461 g/mol. The molecule has 4 rings (SSSR count). The minimum absolute atomic E-state index is 0.0430. The third-order valence-electron chi connectivity index (χ3n) is 6.03. The molecular weight excluding hydrogens is 434 g/mol. The highest BCUT2D eigenvalue weighted by atomic mass is 32.2. The molecule has 33 heavy (non-hydrogen) atoms. The highest BCUT2D eigenvalue weighted by molar-refractivity contribution is 7.89. The van der Waals surface area contributed by atoms with Crippen LogP contribution >= 0.6 is 0 Å². The summed E-state index contributed by atoms with van der Waals surface area (Å²) in [5.41, 5.74) is 2.09. The molecule has 0 radical (unpaired) electrons. The number of sulfonamides is 1. The molecule has 3 aromatic carbocycles. The van der Waals surface area contributed by atoms with Crippen molar-refractivity contribution in [3.05, 3.63) is 114 Å². The van der Waals surface area contributed by atoms with Crippen molar-refractivity contribution in [2.45, 2.75) is 23.7 Å². The van der Waals surface area contributed by atoms with Crippen molar-refractivity contribution in [2.24, 2.45) is 0 Å². The number of aryl methyl sites for hydroxylation is 1. The van der Waals surface area contributed by atoms with Gasteiger partial charge < -0.3 is 4.74 Å². The summed E-state index contributed by atoms with van der Waals surface area (Å²) in [5.74, 6) is -0.407. The Balaban J connectivity index is 1.75. The number of esters is 1. The fraction of sp³-hybridized carbons (Fsp3) is 0.222. The first kappa shape index (κ1) is 23.0. The minimum Gasteiger partial charge on any atom is -0.463 e. The quantitative estimate of drug-likeness (QED) is 0.425. The molecule has 6 heteroatoms. The molecule has 0 atom stereocenters. The van der Waals surface area contributed by atoms with Crippen LogP contribution in [0, 0.1) is 6.92 Å². The van der Waals surface area contributed by atoms with Gasteiger partial charge in [-0.05, 0) is 36.6 Å². The van der Waals surface area contributed by atoms with E-state index in [-0.39, 0.29) is 31.0 Å². The first-order valence-corrected chi connectivity index (χ1v) is 12.3. The van der Waals surface area contributed by atoms with E-state index in [2.05, 4.69) is 6.58 Å². The second-order valence-electron chi connectivity index (χ2n) is 8.35. The number of hydrogen-bond acceptors (Lipinski definition) is 4. The van der Waals surface area contributed by atoms with Gasteiger partial charge in [0.05, 0.1) is 4.90 Å². The Bertz CT molecular complexity index is 1200. The van der Waals surface area contributed by atoms with Crippen LogP contribution in [0.3, 0.4) is 0 Å². The molecule has 0 aromatic heterocycles. The summed E-state index contributed by atoms with van der Waals surface area (Å²) in [5, 5.41) is 0. The highest BCUT2D eigenvalue weighted by Gasteiger charge is 2.45. The second-order valence-corrected chi connectivity index (χ2v) is 10.3. The van der Waals surface area contributed by atoms with Crippen molar-refractivity contribution in [1.82, 2.24) is 4.31 Å². The number of nitrogens with zero attached hydrogens (tertiary/aromatic N) is 1. The zero-order valence-corrected chi connectivity index (χ0v) is 19.4. The summed E-state index contributed by atoms with van der Waals surface area (Å²) in [7, 11) is -3.77. The van der Waals surface area contributed by atoms with Crippen molar-refractivity contribution in [2.75, 3.05) is 19.7 Å². The van der Waals surface area contributed by atoms with E-state index < -0.39 is 21.4 Å². The lowest BCUT2D eigenvalue weighted by Gasteiger charge is -2.33. The van der Waals surface area contributed by atoms with E-state index >= 15 is 0 Å². The molecule has 5 nitrogen and oxygen atoms in total. The molecule has 1 fully saturated rings. The fourth-order valence-corrected chi connectivity index (χ4v) is 5.76. The SMILES string of the molecule is C=C1CN(S(=O)(=O)c2ccc(C)cc2)CCOC(=O)C(c2ccccc2)(c2ccccc2)C1. The number of ether oxygens (including phenoxy) is 1. The van der Waals surface area contributed by atoms with Gasteiger partial charge in [0, 0.05) is 13.1 Å². The van der Waals surface area contributed by atoms with Crippen molar-refractivity contribution >= 4 is 16.0 Å². The molecule has 0 amide bonds. The van der Waals surface area contributed by atoms with E-state index in [0.29, 0.717) is 5.57 Å². The number of cyclic esters (lactones) is 1. The second kappa shape index (κ2) is 9.33. The van der Waals surface area contributed by atoms with Gasteiger partial charge in [0.1, 0.15) is 12.0 Å². The fourth-order valence-electron chi connectivity index (χ4n) is 4.31. The van der Waals surface area contributed by atoms with E-state index in [4.69, 9.17) is 4.74 Å². The molecule has 1 aliphatic rings. The number of rotatable bonds is 4. The standard InChI is InChI=1S/C27H27NO4S/c1-21-13-15-25(16-14-21)33(30,31)28-17-18-32-26(29)27(19-22(2)20-28,23-9-5-3-6-10-23)24-11-7-4-8-12-24/h3-16H,2,17-20H2,1H3. The molecule has 0 saturated carbocycles. The van der Waals surface area contributed by atoms with Gasteiger partial charge in [-0.25, -0.2) is 8.42 Å². The zero-order chi connectivity index (χ0) is 23.5. The van der Waals surface area contributed by atoms with Crippen molar-refractivity contribution < 1.29 is 17.9 Å². The Morgan fingerprint density at radius 2 is 1.42 bits per heavy atom. The Morgan fingerprint density at radius 3 is 1.97 bits per heavy atom. The minimum atomic E-state index is -3.77. The maximum Gasteiger partial charge on any atom is 0.321 e. The predicted octanol–water partition coefficient (Wildman–Crippen LogP) is 4.48. The molecular formula is C27H27NO4S. The lowest BCUT2D eigenvalue weighted by atomic mass is 9.70. The Hall–Kier alpha value is -3.22. The van der Waals surface area contributed by atoms with Crippen LogP contribution in [-0.2, 0) is 25.0 Å². The van der Waals surface area contributed by atoms with Crippen LogP contribution in [0.1, 0.15) is 23.1 Å². The molecule has 3 aromatic rings. The third kappa shape index (κ3) is 4.49. The first-order valence-electron chi connectivity index (χ1n) is 10.9. The van der Waals surface area contributed by atoms with Crippen molar-refractivity contribution in [1.29, 1.82) is 0 Å². The molecule has 1 saturated heterocycles. The van der Waals surface area contributed by atoms with Gasteiger partial charge in [0.2, 0.25) is 10.0 Å². The maximum atomic E-state index is 13.6. The van der Waals surface area contributed by atoms with Gasteiger partial charge in [-0.3, -0.25) is 4.79 Å². The van der Waals surface area contributed by atoms with Crippen LogP contribution in [-0.4, -0.2) is 38.4 Å². The Labute approximate surface area is 195 Å². The Kier molecular flexibility index (Phi) is 6.49. The lowest BCUT2D eigenvalue weighted by Crippen LogP contribution is -2.39. The summed E-state index contributed by atoms with van der Waals surface area (Å²) in [6.07, 6.45) is 0.236. The number of benzene rings is 3. The molecule has 0 spiro atoms. The summed E-state index contributed by atoms with van der Waals surface area (Å²) in [6.45, 7) is 6.22.